The number of halogens is 1. The fourth-order valence-electron chi connectivity index (χ4n) is 1.60. The Balaban J connectivity index is 2.44. The van der Waals surface area contributed by atoms with E-state index in [1.54, 1.807) is 22.7 Å². The number of hydrogen-bond donors (Lipinski definition) is 2. The van der Waals surface area contributed by atoms with Gasteiger partial charge in [0.2, 0.25) is 0 Å². The van der Waals surface area contributed by atoms with Crippen LogP contribution < -0.4 is 11.3 Å². The average Bonchev–Trinajstić information content (AvgIpc) is 2.77. The van der Waals surface area contributed by atoms with Crippen molar-refractivity contribution in [3.63, 3.8) is 0 Å². The molecule has 16 heavy (non-hydrogen) atoms. The first-order chi connectivity index (χ1) is 7.63. The molecule has 2 rings (SSSR count). The molecule has 0 amide bonds. The summed E-state index contributed by atoms with van der Waals surface area (Å²) in [6.45, 7) is 3.98. The zero-order valence-corrected chi connectivity index (χ0v) is 11.3. The summed E-state index contributed by atoms with van der Waals surface area (Å²) in [6, 6.07) is 1.83. The van der Waals surface area contributed by atoms with Crippen LogP contribution in [-0.2, 0) is 0 Å². The molecule has 0 fully saturated rings. The Labute approximate surface area is 107 Å². The van der Waals surface area contributed by atoms with E-state index in [1.807, 2.05) is 25.3 Å². The molecule has 0 aliphatic carbocycles. The molecule has 0 aromatic carbocycles. The number of aromatic nitrogens is 1. The summed E-state index contributed by atoms with van der Waals surface area (Å²) in [5.41, 5.74) is 3.82. The first-order valence-electron chi connectivity index (χ1n) is 4.76. The maximum absolute atomic E-state index is 6.12. The van der Waals surface area contributed by atoms with Gasteiger partial charge in [-0.15, -0.1) is 22.7 Å². The van der Waals surface area contributed by atoms with Crippen molar-refractivity contribution >= 4 is 34.3 Å². The molecule has 0 saturated heterocycles. The van der Waals surface area contributed by atoms with Gasteiger partial charge in [-0.05, 0) is 25.3 Å². The summed E-state index contributed by atoms with van der Waals surface area (Å²) in [5.74, 6) is 5.62. The quantitative estimate of drug-likeness (QED) is 0.668. The zero-order chi connectivity index (χ0) is 11.7. The molecular formula is C10H12ClN3S2. The minimum Gasteiger partial charge on any atom is -0.271 e. The number of aryl methyl sites for hydroxylation is 2. The lowest BCUT2D eigenvalue weighted by Gasteiger charge is -2.13. The third-order valence-electron chi connectivity index (χ3n) is 2.28. The molecule has 2 aromatic heterocycles. The maximum atomic E-state index is 6.12. The van der Waals surface area contributed by atoms with Crippen molar-refractivity contribution in [2.45, 2.75) is 19.9 Å². The molecule has 2 aromatic rings. The second-order valence-corrected chi connectivity index (χ2v) is 6.00. The highest BCUT2D eigenvalue weighted by Crippen LogP contribution is 2.36. The van der Waals surface area contributed by atoms with Gasteiger partial charge in [-0.1, -0.05) is 11.6 Å². The van der Waals surface area contributed by atoms with Crippen molar-refractivity contribution in [2.75, 3.05) is 0 Å². The third kappa shape index (κ3) is 2.14. The molecule has 0 saturated carbocycles. The van der Waals surface area contributed by atoms with Gasteiger partial charge in [0.15, 0.2) is 0 Å². The van der Waals surface area contributed by atoms with Gasteiger partial charge in [0.05, 0.1) is 26.6 Å². The summed E-state index contributed by atoms with van der Waals surface area (Å²) >= 11 is 9.37. The van der Waals surface area contributed by atoms with E-state index in [9.17, 15) is 0 Å². The monoisotopic (exact) mass is 273 g/mol. The van der Waals surface area contributed by atoms with Crippen molar-refractivity contribution in [1.29, 1.82) is 0 Å². The lowest BCUT2D eigenvalue weighted by atomic mass is 10.2. The number of nitrogens with one attached hydrogen (secondary N) is 1. The molecule has 3 nitrogen and oxygen atoms in total. The largest absolute Gasteiger partial charge is 0.271 e. The second-order valence-electron chi connectivity index (χ2n) is 3.42. The van der Waals surface area contributed by atoms with Crippen LogP contribution in [0.25, 0.3) is 0 Å². The zero-order valence-electron chi connectivity index (χ0n) is 8.95. The topological polar surface area (TPSA) is 50.9 Å². The molecule has 0 radical (unpaired) electrons. The summed E-state index contributed by atoms with van der Waals surface area (Å²) < 4.78 is 0. The Morgan fingerprint density at radius 2 is 2.19 bits per heavy atom. The van der Waals surface area contributed by atoms with Gasteiger partial charge in [-0.2, -0.15) is 0 Å². The van der Waals surface area contributed by atoms with Crippen LogP contribution in [0.1, 0.15) is 26.5 Å². The predicted octanol–water partition coefficient (Wildman–Crippen LogP) is 3.03. The number of nitrogens with zero attached hydrogens (tertiary/aromatic N) is 1. The lowest BCUT2D eigenvalue weighted by Crippen LogP contribution is -2.28. The molecule has 1 atom stereocenters. The van der Waals surface area contributed by atoms with Gasteiger partial charge in [0.1, 0.15) is 0 Å². The summed E-state index contributed by atoms with van der Waals surface area (Å²) in [7, 11) is 0. The number of nitrogens with two attached hydrogens (primary N) is 1. The van der Waals surface area contributed by atoms with E-state index in [4.69, 9.17) is 17.4 Å². The van der Waals surface area contributed by atoms with E-state index in [0.29, 0.717) is 0 Å². The van der Waals surface area contributed by atoms with Crippen LogP contribution >= 0.6 is 34.3 Å². The van der Waals surface area contributed by atoms with Gasteiger partial charge < -0.3 is 0 Å². The fraction of sp³-hybridized carbons (Fsp3) is 0.300. The van der Waals surface area contributed by atoms with Crippen molar-refractivity contribution in [2.24, 2.45) is 5.84 Å². The highest BCUT2D eigenvalue weighted by molar-refractivity contribution is 7.13. The maximum Gasteiger partial charge on any atom is 0.0928 e. The van der Waals surface area contributed by atoms with Gasteiger partial charge in [-0.25, -0.2) is 10.4 Å². The number of hydrogen-bond acceptors (Lipinski definition) is 5. The molecule has 0 bridgehead atoms. The first-order valence-corrected chi connectivity index (χ1v) is 6.84. The Kier molecular flexibility index (Phi) is 3.61. The molecule has 0 aliphatic rings. The number of thiazole rings is 1. The summed E-state index contributed by atoms with van der Waals surface area (Å²) in [6.07, 6.45) is 0. The average molecular weight is 274 g/mol. The number of thiophene rings is 1. The standard InChI is InChI=1S/C10H12ClN3S2/c1-5-9(16-6(2)13-5)8(14-12)10-7(11)3-4-15-10/h3-4,8,14H,12H2,1-2H3. The van der Waals surface area contributed by atoms with Crippen LogP contribution in [0.4, 0.5) is 0 Å². The second kappa shape index (κ2) is 4.81. The van der Waals surface area contributed by atoms with Crippen molar-refractivity contribution in [3.05, 3.63) is 36.9 Å². The van der Waals surface area contributed by atoms with E-state index < -0.39 is 0 Å². The Morgan fingerprint density at radius 3 is 2.62 bits per heavy atom. The minimum atomic E-state index is -0.0568. The highest BCUT2D eigenvalue weighted by Gasteiger charge is 2.21. The SMILES string of the molecule is Cc1nc(C)c(C(NN)c2sccc2Cl)s1. The van der Waals surface area contributed by atoms with E-state index in [-0.39, 0.29) is 6.04 Å². The van der Waals surface area contributed by atoms with Gasteiger partial charge in [0, 0.05) is 4.88 Å². The third-order valence-corrected chi connectivity index (χ3v) is 4.84. The normalized spacial score (nSPS) is 13.0. The Morgan fingerprint density at radius 1 is 1.44 bits per heavy atom. The van der Waals surface area contributed by atoms with Crippen LogP contribution in [0.5, 0.6) is 0 Å². The van der Waals surface area contributed by atoms with Crippen molar-refractivity contribution < 1.29 is 0 Å². The van der Waals surface area contributed by atoms with Crippen molar-refractivity contribution in [3.8, 4) is 0 Å². The highest BCUT2D eigenvalue weighted by atomic mass is 35.5. The van der Waals surface area contributed by atoms with E-state index in [1.165, 1.54) is 0 Å². The molecule has 0 spiro atoms. The first kappa shape index (κ1) is 12.0. The Bertz CT molecular complexity index is 492. The molecule has 2 heterocycles. The van der Waals surface area contributed by atoms with Gasteiger partial charge in [-0.3, -0.25) is 5.84 Å². The fourth-order valence-corrected chi connectivity index (χ4v) is 3.90. The number of hydrazine groups is 1. The van der Waals surface area contributed by atoms with E-state index in [2.05, 4.69) is 10.4 Å². The van der Waals surface area contributed by atoms with Crippen LogP contribution in [0.15, 0.2) is 11.4 Å². The summed E-state index contributed by atoms with van der Waals surface area (Å²) in [4.78, 5) is 6.57. The molecular weight excluding hydrogens is 262 g/mol. The number of rotatable bonds is 3. The van der Waals surface area contributed by atoms with Gasteiger partial charge in [0.25, 0.3) is 0 Å². The molecule has 6 heteroatoms. The van der Waals surface area contributed by atoms with Crippen LogP contribution in [0.2, 0.25) is 5.02 Å². The van der Waals surface area contributed by atoms with Gasteiger partial charge >= 0.3 is 0 Å². The molecule has 86 valence electrons. The minimum absolute atomic E-state index is 0.0568. The molecule has 3 N–H and O–H groups in total. The summed E-state index contributed by atoms with van der Waals surface area (Å²) in [5, 5.41) is 3.75. The van der Waals surface area contributed by atoms with Crippen LogP contribution in [-0.4, -0.2) is 4.98 Å². The van der Waals surface area contributed by atoms with Crippen LogP contribution in [0, 0.1) is 13.8 Å². The van der Waals surface area contributed by atoms with Crippen molar-refractivity contribution in [1.82, 2.24) is 10.4 Å². The molecule has 1 unspecified atom stereocenters. The predicted molar refractivity (Wildman–Crippen MR) is 70.1 cm³/mol. The lowest BCUT2D eigenvalue weighted by molar-refractivity contribution is 0.652. The van der Waals surface area contributed by atoms with E-state index >= 15 is 0 Å². The smallest absolute Gasteiger partial charge is 0.0928 e. The van der Waals surface area contributed by atoms with E-state index in [0.717, 1.165) is 25.5 Å². The van der Waals surface area contributed by atoms with Crippen LogP contribution in [0.3, 0.4) is 0 Å². The molecule has 0 aliphatic heterocycles. The Hall–Kier alpha value is -0.460.